The van der Waals surface area contributed by atoms with Gasteiger partial charge in [-0.3, -0.25) is 0 Å². The van der Waals surface area contributed by atoms with Gasteiger partial charge in [-0.25, -0.2) is 0 Å². The van der Waals surface area contributed by atoms with Crippen molar-refractivity contribution in [3.05, 3.63) is 48.0 Å². The van der Waals surface area contributed by atoms with Crippen LogP contribution in [0.3, 0.4) is 0 Å². The van der Waals surface area contributed by atoms with Gasteiger partial charge in [-0.1, -0.05) is 44.1 Å². The molecule has 1 N–H and O–H groups in total. The smallest absolute Gasteiger partial charge is 0.117 e. The fourth-order valence-electron chi connectivity index (χ4n) is 2.43. The van der Waals surface area contributed by atoms with E-state index in [1.807, 2.05) is 12.1 Å². The number of unbranched alkanes of at least 4 members (excludes halogenated alkanes) is 2. The SMILES string of the molecule is CCCC/C=C\c1ccc2c(c1)sc1cc(O)ccc12. The lowest BCUT2D eigenvalue weighted by Gasteiger charge is -1.96. The molecular formula is C18H18OS. The summed E-state index contributed by atoms with van der Waals surface area (Å²) in [5, 5.41) is 12.1. The molecule has 20 heavy (non-hydrogen) atoms. The van der Waals surface area contributed by atoms with Gasteiger partial charge >= 0.3 is 0 Å². The second kappa shape index (κ2) is 5.68. The number of hydrogen-bond acceptors (Lipinski definition) is 2. The van der Waals surface area contributed by atoms with Crippen molar-refractivity contribution in [1.29, 1.82) is 0 Å². The predicted molar refractivity (Wildman–Crippen MR) is 89.6 cm³/mol. The van der Waals surface area contributed by atoms with Gasteiger partial charge in [0, 0.05) is 20.2 Å². The Kier molecular flexibility index (Phi) is 3.75. The molecule has 0 amide bonds. The van der Waals surface area contributed by atoms with Crippen molar-refractivity contribution < 1.29 is 5.11 Å². The predicted octanol–water partition coefficient (Wildman–Crippen LogP) is 5.96. The molecule has 0 saturated carbocycles. The highest BCUT2D eigenvalue weighted by Gasteiger charge is 2.05. The standard InChI is InChI=1S/C18H18OS/c1-2-3-4-5-6-13-7-9-15-16-10-8-14(19)12-18(16)20-17(15)11-13/h5-12,19H,2-4H2,1H3/b6-5-. The topological polar surface area (TPSA) is 20.2 Å². The number of rotatable bonds is 4. The summed E-state index contributed by atoms with van der Waals surface area (Å²) in [6.45, 7) is 2.21. The Morgan fingerprint density at radius 2 is 1.80 bits per heavy atom. The van der Waals surface area contributed by atoms with Crippen LogP contribution in [0, 0.1) is 0 Å². The fraction of sp³-hybridized carbons (Fsp3) is 0.222. The molecule has 0 spiro atoms. The number of aromatic hydroxyl groups is 1. The van der Waals surface area contributed by atoms with Gasteiger partial charge in [-0.2, -0.15) is 0 Å². The van der Waals surface area contributed by atoms with Crippen LogP contribution in [0.25, 0.3) is 26.2 Å². The van der Waals surface area contributed by atoms with E-state index >= 15 is 0 Å². The van der Waals surface area contributed by atoms with Crippen molar-refractivity contribution in [2.45, 2.75) is 26.2 Å². The summed E-state index contributed by atoms with van der Waals surface area (Å²) >= 11 is 1.74. The first-order chi connectivity index (χ1) is 9.78. The molecule has 1 nitrogen and oxygen atoms in total. The third-order valence-corrected chi connectivity index (χ3v) is 4.63. The van der Waals surface area contributed by atoms with Crippen molar-refractivity contribution in [2.24, 2.45) is 0 Å². The molecule has 0 bridgehead atoms. The fourth-order valence-corrected chi connectivity index (χ4v) is 3.61. The largest absolute Gasteiger partial charge is 0.508 e. The Hall–Kier alpha value is -1.80. The second-order valence-corrected chi connectivity index (χ2v) is 6.17. The van der Waals surface area contributed by atoms with Gasteiger partial charge in [0.2, 0.25) is 0 Å². The van der Waals surface area contributed by atoms with Crippen molar-refractivity contribution in [3.8, 4) is 5.75 Å². The van der Waals surface area contributed by atoms with E-state index in [4.69, 9.17) is 0 Å². The average molecular weight is 282 g/mol. The van der Waals surface area contributed by atoms with Crippen LogP contribution >= 0.6 is 11.3 Å². The molecule has 0 aliphatic carbocycles. The zero-order valence-corrected chi connectivity index (χ0v) is 12.4. The molecule has 1 aromatic heterocycles. The third-order valence-electron chi connectivity index (χ3n) is 3.52. The number of phenols is 1. The average Bonchev–Trinajstić information content (AvgIpc) is 2.80. The Bertz CT molecular complexity index is 768. The molecule has 0 atom stereocenters. The quantitative estimate of drug-likeness (QED) is 0.585. The summed E-state index contributed by atoms with van der Waals surface area (Å²) in [5.74, 6) is 0.337. The van der Waals surface area contributed by atoms with E-state index in [2.05, 4.69) is 37.3 Å². The van der Waals surface area contributed by atoms with Gasteiger partial charge in [0.1, 0.15) is 5.75 Å². The summed E-state index contributed by atoms with van der Waals surface area (Å²) in [5.41, 5.74) is 1.25. The highest BCUT2D eigenvalue weighted by molar-refractivity contribution is 7.25. The highest BCUT2D eigenvalue weighted by atomic mass is 32.1. The summed E-state index contributed by atoms with van der Waals surface area (Å²) in [6.07, 6.45) is 8.10. The number of hydrogen-bond donors (Lipinski definition) is 1. The Balaban J connectivity index is 1.99. The Labute approximate surface area is 123 Å². The first-order valence-corrected chi connectivity index (χ1v) is 7.91. The molecule has 2 aromatic carbocycles. The van der Waals surface area contributed by atoms with E-state index in [0.717, 1.165) is 11.1 Å². The second-order valence-electron chi connectivity index (χ2n) is 5.08. The minimum atomic E-state index is 0.337. The van der Waals surface area contributed by atoms with E-state index in [1.54, 1.807) is 17.4 Å². The van der Waals surface area contributed by atoms with Crippen LogP contribution in [0.2, 0.25) is 0 Å². The van der Waals surface area contributed by atoms with Gasteiger partial charge in [0.25, 0.3) is 0 Å². The lowest BCUT2D eigenvalue weighted by Crippen LogP contribution is -1.72. The lowest BCUT2D eigenvalue weighted by molar-refractivity contribution is 0.476. The van der Waals surface area contributed by atoms with Crippen LogP contribution in [0.1, 0.15) is 31.7 Å². The van der Waals surface area contributed by atoms with Gasteiger partial charge < -0.3 is 5.11 Å². The van der Waals surface area contributed by atoms with Crippen LogP contribution in [0.15, 0.2) is 42.5 Å². The molecule has 3 aromatic rings. The molecule has 1 heterocycles. The lowest BCUT2D eigenvalue weighted by atomic mass is 10.1. The molecule has 3 rings (SSSR count). The summed E-state index contributed by atoms with van der Waals surface area (Å²) < 4.78 is 2.43. The zero-order chi connectivity index (χ0) is 13.9. The summed E-state index contributed by atoms with van der Waals surface area (Å²) in [4.78, 5) is 0. The minimum absolute atomic E-state index is 0.337. The van der Waals surface area contributed by atoms with Gasteiger partial charge in [0.15, 0.2) is 0 Å². The number of phenolic OH excluding ortho intramolecular Hbond substituents is 1. The van der Waals surface area contributed by atoms with Crippen molar-refractivity contribution in [2.75, 3.05) is 0 Å². The summed E-state index contributed by atoms with van der Waals surface area (Å²) in [6, 6.07) is 12.2. The molecule has 0 radical (unpaired) electrons. The van der Waals surface area contributed by atoms with Crippen molar-refractivity contribution in [1.82, 2.24) is 0 Å². The maximum atomic E-state index is 9.57. The first kappa shape index (κ1) is 13.2. The van der Waals surface area contributed by atoms with Crippen LogP contribution in [0.5, 0.6) is 5.75 Å². The van der Waals surface area contributed by atoms with E-state index in [9.17, 15) is 5.11 Å². The first-order valence-electron chi connectivity index (χ1n) is 7.10. The molecule has 0 aliphatic rings. The molecular weight excluding hydrogens is 264 g/mol. The molecule has 102 valence electrons. The van der Waals surface area contributed by atoms with E-state index in [-0.39, 0.29) is 0 Å². The van der Waals surface area contributed by atoms with Crippen LogP contribution < -0.4 is 0 Å². The van der Waals surface area contributed by atoms with E-state index in [0.29, 0.717) is 5.75 Å². The van der Waals surface area contributed by atoms with Gasteiger partial charge in [0.05, 0.1) is 0 Å². The summed E-state index contributed by atoms with van der Waals surface area (Å²) in [7, 11) is 0. The number of fused-ring (bicyclic) bond motifs is 3. The van der Waals surface area contributed by atoms with Gasteiger partial charge in [-0.05, 0) is 36.2 Å². The number of allylic oxidation sites excluding steroid dienone is 1. The molecule has 0 unspecified atom stereocenters. The monoisotopic (exact) mass is 282 g/mol. The zero-order valence-electron chi connectivity index (χ0n) is 11.6. The molecule has 0 fully saturated rings. The highest BCUT2D eigenvalue weighted by Crippen LogP contribution is 2.36. The number of benzene rings is 2. The normalized spacial score (nSPS) is 11.8. The van der Waals surface area contributed by atoms with Crippen LogP contribution in [-0.2, 0) is 0 Å². The maximum Gasteiger partial charge on any atom is 0.117 e. The minimum Gasteiger partial charge on any atom is -0.508 e. The van der Waals surface area contributed by atoms with Crippen molar-refractivity contribution >= 4 is 37.6 Å². The van der Waals surface area contributed by atoms with E-state index in [1.165, 1.54) is 33.9 Å². The number of thiophene rings is 1. The Morgan fingerprint density at radius 1 is 1.05 bits per heavy atom. The van der Waals surface area contributed by atoms with E-state index < -0.39 is 0 Å². The molecule has 0 saturated heterocycles. The molecule has 2 heteroatoms. The molecule has 0 aliphatic heterocycles. The van der Waals surface area contributed by atoms with Crippen molar-refractivity contribution in [3.63, 3.8) is 0 Å². The third kappa shape index (κ3) is 2.56. The van der Waals surface area contributed by atoms with Gasteiger partial charge in [-0.15, -0.1) is 11.3 Å². The Morgan fingerprint density at radius 3 is 2.60 bits per heavy atom. The maximum absolute atomic E-state index is 9.57. The van der Waals surface area contributed by atoms with Crippen LogP contribution in [0.4, 0.5) is 0 Å². The van der Waals surface area contributed by atoms with Crippen LogP contribution in [-0.4, -0.2) is 5.11 Å².